The predicted molar refractivity (Wildman–Crippen MR) is 126 cm³/mol. The van der Waals surface area contributed by atoms with Crippen LogP contribution in [-0.2, 0) is 11.3 Å². The highest BCUT2D eigenvalue weighted by molar-refractivity contribution is 5.88. The molecule has 35 heavy (non-hydrogen) atoms. The minimum absolute atomic E-state index is 0.0130. The molecule has 0 aliphatic heterocycles. The Labute approximate surface area is 200 Å². The maximum Gasteiger partial charge on any atom is 0.256 e. The molecule has 0 bridgehead atoms. The highest BCUT2D eigenvalue weighted by Crippen LogP contribution is 2.28. The number of aromatic nitrogens is 6. The van der Waals surface area contributed by atoms with E-state index in [-0.39, 0.29) is 30.7 Å². The fraction of sp³-hybridized carbons (Fsp3) is 0.478. The van der Waals surface area contributed by atoms with Gasteiger partial charge < -0.3 is 20.1 Å². The number of fused-ring (bicyclic) bond motifs is 2. The van der Waals surface area contributed by atoms with Crippen molar-refractivity contribution in [3.05, 3.63) is 35.8 Å². The van der Waals surface area contributed by atoms with E-state index < -0.39 is 13.0 Å². The van der Waals surface area contributed by atoms with Crippen LogP contribution in [0.2, 0.25) is 0 Å². The van der Waals surface area contributed by atoms with Gasteiger partial charge in [0.05, 0.1) is 39.0 Å². The van der Waals surface area contributed by atoms with Crippen molar-refractivity contribution in [2.75, 3.05) is 18.9 Å². The van der Waals surface area contributed by atoms with Crippen molar-refractivity contribution in [3.8, 4) is 11.3 Å². The van der Waals surface area contributed by atoms with Gasteiger partial charge in [0.15, 0.2) is 11.5 Å². The standard InChI is InChI=1S/C23H28F2N8O2/c1-13-27-18-7-6-17(29-22(18)32(13)12-19(24)25)16-8-9-33-20(16)21(26)30-23(31-33)28-14-2-4-15(5-3-14)35-11-10-34/h6-9,14-15,19,34H,2-5,10-12H2,1H3,(H3,26,28,30,31)/i9D. The van der Waals surface area contributed by atoms with Gasteiger partial charge in [0.2, 0.25) is 5.62 Å². The second kappa shape index (κ2) is 9.70. The number of H-pyrrole nitrogens is 1. The van der Waals surface area contributed by atoms with Gasteiger partial charge in [-0.3, -0.25) is 9.61 Å². The molecule has 4 aromatic heterocycles. The fourth-order valence-corrected chi connectivity index (χ4v) is 4.62. The van der Waals surface area contributed by atoms with Crippen LogP contribution in [0, 0.1) is 6.92 Å². The van der Waals surface area contributed by atoms with Gasteiger partial charge in [-0.05, 0) is 50.8 Å². The maximum atomic E-state index is 13.1. The Balaban J connectivity index is 1.49. The van der Waals surface area contributed by atoms with Gasteiger partial charge >= 0.3 is 0 Å². The molecule has 0 saturated heterocycles. The number of anilines is 1. The first-order chi connectivity index (χ1) is 17.3. The smallest absolute Gasteiger partial charge is 0.256 e. The number of halogens is 2. The normalized spacial score (nSPS) is 19.8. The molecule has 4 aromatic rings. The summed E-state index contributed by atoms with van der Waals surface area (Å²) in [5.74, 6) is 0.632. The SMILES string of the molecule is [2H]c1cc(-c2ccc3nc(C)n(CC(F)F)c3n2)c2c(N)nc(=NC3CCC(OCCO)CC3)[nH]n12. The molecule has 1 fully saturated rings. The van der Waals surface area contributed by atoms with Gasteiger partial charge in [0.25, 0.3) is 6.43 Å². The summed E-state index contributed by atoms with van der Waals surface area (Å²) in [4.78, 5) is 18.0. The summed E-state index contributed by atoms with van der Waals surface area (Å²) in [7, 11) is 0. The number of imidazole rings is 1. The lowest BCUT2D eigenvalue weighted by atomic mass is 9.93. The molecule has 0 amide bonds. The van der Waals surface area contributed by atoms with Crippen molar-refractivity contribution in [2.24, 2.45) is 4.99 Å². The number of aromatic amines is 1. The third-order valence-electron chi connectivity index (χ3n) is 6.27. The highest BCUT2D eigenvalue weighted by atomic mass is 19.3. The number of rotatable bonds is 7. The summed E-state index contributed by atoms with van der Waals surface area (Å²) in [6.45, 7) is 1.51. The number of nitrogens with zero attached hydrogens (tertiary/aromatic N) is 6. The monoisotopic (exact) mass is 487 g/mol. The molecule has 0 unspecified atom stereocenters. The summed E-state index contributed by atoms with van der Waals surface area (Å²) in [5, 5.41) is 12.0. The van der Waals surface area contributed by atoms with Crippen LogP contribution >= 0.6 is 0 Å². The van der Waals surface area contributed by atoms with Crippen molar-refractivity contribution in [2.45, 2.75) is 57.7 Å². The molecular formula is C23H28F2N8O2. The molecule has 0 radical (unpaired) electrons. The summed E-state index contributed by atoms with van der Waals surface area (Å²) in [6.07, 6.45) is 1.06. The van der Waals surface area contributed by atoms with E-state index in [1.165, 1.54) is 9.08 Å². The van der Waals surface area contributed by atoms with Crippen molar-refractivity contribution < 1.29 is 20.0 Å². The average molecular weight is 488 g/mol. The van der Waals surface area contributed by atoms with Crippen LogP contribution in [0.1, 0.15) is 32.9 Å². The van der Waals surface area contributed by atoms with E-state index in [0.717, 1.165) is 25.7 Å². The minimum Gasteiger partial charge on any atom is -0.394 e. The Morgan fingerprint density at radius 3 is 2.80 bits per heavy atom. The summed E-state index contributed by atoms with van der Waals surface area (Å²) in [6, 6.07) is 5.10. The molecule has 0 spiro atoms. The number of pyridine rings is 1. The molecular weight excluding hydrogens is 458 g/mol. The molecule has 0 atom stereocenters. The number of nitrogens with one attached hydrogen (secondary N) is 1. The zero-order valence-corrected chi connectivity index (χ0v) is 19.3. The summed E-state index contributed by atoms with van der Waals surface area (Å²) in [5.41, 5.74) is 8.99. The Morgan fingerprint density at radius 2 is 2.06 bits per heavy atom. The summed E-state index contributed by atoms with van der Waals surface area (Å²) < 4.78 is 43.2. The first kappa shape index (κ1) is 22.1. The molecule has 12 heteroatoms. The second-order valence-corrected chi connectivity index (χ2v) is 8.66. The van der Waals surface area contributed by atoms with Crippen LogP contribution in [0.25, 0.3) is 27.9 Å². The number of hydrogen-bond donors (Lipinski definition) is 3. The lowest BCUT2D eigenvalue weighted by Gasteiger charge is -2.25. The number of nitrogen functional groups attached to an aromatic ring is 1. The minimum atomic E-state index is -2.54. The third-order valence-corrected chi connectivity index (χ3v) is 6.27. The number of hydrogen-bond acceptors (Lipinski definition) is 7. The second-order valence-electron chi connectivity index (χ2n) is 8.66. The van der Waals surface area contributed by atoms with Gasteiger partial charge in [0.1, 0.15) is 16.9 Å². The van der Waals surface area contributed by atoms with Crippen molar-refractivity contribution >= 4 is 22.5 Å². The van der Waals surface area contributed by atoms with Crippen LogP contribution in [0.3, 0.4) is 0 Å². The van der Waals surface area contributed by atoms with E-state index in [9.17, 15) is 8.78 Å². The third kappa shape index (κ3) is 4.76. The van der Waals surface area contributed by atoms with Crippen molar-refractivity contribution in [3.63, 3.8) is 0 Å². The van der Waals surface area contributed by atoms with Crippen LogP contribution < -0.4 is 11.4 Å². The van der Waals surface area contributed by atoms with Gasteiger partial charge in [-0.2, -0.15) is 4.98 Å². The molecule has 4 heterocycles. The van der Waals surface area contributed by atoms with Crippen LogP contribution in [0.4, 0.5) is 14.6 Å². The predicted octanol–water partition coefficient (Wildman–Crippen LogP) is 2.45. The van der Waals surface area contributed by atoms with E-state index in [4.69, 9.17) is 21.9 Å². The highest BCUT2D eigenvalue weighted by Gasteiger charge is 2.21. The van der Waals surface area contributed by atoms with Gasteiger partial charge in [-0.15, -0.1) is 0 Å². The van der Waals surface area contributed by atoms with E-state index >= 15 is 0 Å². The zero-order chi connectivity index (χ0) is 25.4. The Bertz CT molecular complexity index is 1460. The first-order valence-electron chi connectivity index (χ1n) is 12.1. The van der Waals surface area contributed by atoms with Crippen molar-refractivity contribution in [1.82, 2.24) is 29.1 Å². The van der Waals surface area contributed by atoms with E-state index in [1.807, 2.05) is 0 Å². The van der Waals surface area contributed by atoms with Gasteiger partial charge in [-0.1, -0.05) is 0 Å². The molecule has 1 aliphatic carbocycles. The first-order valence-corrected chi connectivity index (χ1v) is 11.6. The quantitative estimate of drug-likeness (QED) is 0.367. The number of aliphatic hydroxyl groups is 1. The molecule has 0 aromatic carbocycles. The Kier molecular flexibility index (Phi) is 6.13. The largest absolute Gasteiger partial charge is 0.394 e. The van der Waals surface area contributed by atoms with Crippen molar-refractivity contribution in [1.29, 1.82) is 0 Å². The molecule has 186 valence electrons. The number of alkyl halides is 2. The van der Waals surface area contributed by atoms with Crippen LogP contribution in [0.5, 0.6) is 0 Å². The Hall–Kier alpha value is -3.38. The average Bonchev–Trinajstić information content (AvgIpc) is 3.34. The van der Waals surface area contributed by atoms with E-state index in [0.29, 0.717) is 46.0 Å². The molecule has 5 rings (SSSR count). The number of aryl methyl sites for hydroxylation is 1. The number of ether oxygens (including phenoxy) is 1. The molecule has 10 nitrogen and oxygen atoms in total. The van der Waals surface area contributed by atoms with Crippen LogP contribution in [0.15, 0.2) is 29.4 Å². The van der Waals surface area contributed by atoms with Gasteiger partial charge in [-0.25, -0.2) is 23.7 Å². The number of aliphatic hydroxyl groups excluding tert-OH is 1. The van der Waals surface area contributed by atoms with Gasteiger partial charge in [0, 0.05) is 11.7 Å². The van der Waals surface area contributed by atoms with E-state index in [2.05, 4.69) is 20.1 Å². The zero-order valence-electron chi connectivity index (χ0n) is 20.3. The fourth-order valence-electron chi connectivity index (χ4n) is 4.62. The maximum absolute atomic E-state index is 13.1. The van der Waals surface area contributed by atoms with E-state index in [1.54, 1.807) is 25.1 Å². The lowest BCUT2D eigenvalue weighted by Crippen LogP contribution is -2.28. The molecule has 1 aliphatic rings. The van der Waals surface area contributed by atoms with Crippen LogP contribution in [-0.4, -0.2) is 66.0 Å². The topological polar surface area (TPSA) is 132 Å². The Morgan fingerprint density at radius 1 is 1.26 bits per heavy atom. The molecule has 4 N–H and O–H groups in total. The lowest BCUT2D eigenvalue weighted by molar-refractivity contribution is 0.00612. The number of nitrogens with two attached hydrogens (primary N) is 1. The molecule has 1 saturated carbocycles. The summed E-state index contributed by atoms with van der Waals surface area (Å²) >= 11 is 0.